The summed E-state index contributed by atoms with van der Waals surface area (Å²) in [6.07, 6.45) is 1.92. The molecule has 0 amide bonds. The quantitative estimate of drug-likeness (QED) is 0.301. The molecule has 4 aromatic carbocycles. The number of aromatic nitrogens is 1. The minimum atomic E-state index is 0.691. The Morgan fingerprint density at radius 2 is 1.53 bits per heavy atom. The maximum Gasteiger partial charge on any atom is 0.214 e. The molecular formula is C30H19N2+. The van der Waals surface area contributed by atoms with Gasteiger partial charge in [0.05, 0.1) is 30.0 Å². The third-order valence-electron chi connectivity index (χ3n) is 6.98. The van der Waals surface area contributed by atoms with Gasteiger partial charge in [-0.2, -0.15) is 9.83 Å². The van der Waals surface area contributed by atoms with E-state index in [2.05, 4.69) is 89.5 Å². The zero-order chi connectivity index (χ0) is 21.2. The second-order valence-electron chi connectivity index (χ2n) is 8.70. The van der Waals surface area contributed by atoms with Gasteiger partial charge < -0.3 is 0 Å². The average Bonchev–Trinajstić information content (AvgIpc) is 3.40. The number of nitrogens with zero attached hydrogens (tertiary/aromatic N) is 2. The van der Waals surface area contributed by atoms with Crippen LogP contribution in [0.1, 0.15) is 28.1 Å². The number of hydrogen-bond donors (Lipinski definition) is 0. The average molecular weight is 407 g/mol. The summed E-state index contributed by atoms with van der Waals surface area (Å²) in [6.45, 7) is 0. The van der Waals surface area contributed by atoms with E-state index in [1.165, 1.54) is 55.7 Å². The van der Waals surface area contributed by atoms with E-state index in [0.29, 0.717) is 5.56 Å². The van der Waals surface area contributed by atoms with Crippen molar-refractivity contribution in [1.29, 1.82) is 5.26 Å². The maximum atomic E-state index is 9.27. The molecule has 32 heavy (non-hydrogen) atoms. The van der Waals surface area contributed by atoms with Crippen LogP contribution in [0, 0.1) is 11.3 Å². The first-order valence-electron chi connectivity index (χ1n) is 11.0. The summed E-state index contributed by atoms with van der Waals surface area (Å²) in [6, 6.07) is 34.7. The van der Waals surface area contributed by atoms with Crippen molar-refractivity contribution >= 4 is 10.8 Å². The first kappa shape index (κ1) is 17.5. The van der Waals surface area contributed by atoms with Gasteiger partial charge in [-0.3, -0.25) is 0 Å². The molecule has 0 fully saturated rings. The predicted octanol–water partition coefficient (Wildman–Crippen LogP) is 6.13. The number of rotatable bonds is 1. The zero-order valence-corrected chi connectivity index (χ0v) is 17.5. The molecule has 0 radical (unpaired) electrons. The summed E-state index contributed by atoms with van der Waals surface area (Å²) in [5, 5.41) is 11.8. The first-order chi connectivity index (χ1) is 15.8. The van der Waals surface area contributed by atoms with Gasteiger partial charge >= 0.3 is 0 Å². The van der Waals surface area contributed by atoms with Gasteiger partial charge in [-0.1, -0.05) is 54.6 Å². The third kappa shape index (κ3) is 2.31. The molecule has 148 valence electrons. The molecule has 1 aliphatic heterocycles. The molecule has 0 N–H and O–H groups in total. The number of nitriles is 1. The summed E-state index contributed by atoms with van der Waals surface area (Å²) in [5.41, 5.74) is 12.6. The third-order valence-corrected chi connectivity index (χ3v) is 6.98. The fraction of sp³-hybridized carbons (Fsp3) is 0.0667. The number of para-hydroxylation sites is 1. The van der Waals surface area contributed by atoms with Gasteiger partial charge in [0.15, 0.2) is 11.4 Å². The highest BCUT2D eigenvalue weighted by molar-refractivity contribution is 6.06. The van der Waals surface area contributed by atoms with Crippen LogP contribution in [0.15, 0.2) is 91.0 Å². The monoisotopic (exact) mass is 407 g/mol. The van der Waals surface area contributed by atoms with Crippen molar-refractivity contribution in [1.82, 2.24) is 0 Å². The Morgan fingerprint density at radius 1 is 0.719 bits per heavy atom. The molecule has 1 aliphatic carbocycles. The minimum Gasteiger partial charge on any atom is -0.192 e. The van der Waals surface area contributed by atoms with Crippen molar-refractivity contribution in [3.05, 3.63) is 119 Å². The van der Waals surface area contributed by atoms with Gasteiger partial charge in [-0.25, -0.2) is 0 Å². The molecule has 7 rings (SSSR count). The molecule has 5 aromatic rings. The van der Waals surface area contributed by atoms with Crippen LogP contribution in [-0.2, 0) is 12.8 Å². The van der Waals surface area contributed by atoms with Crippen LogP contribution in [-0.4, -0.2) is 0 Å². The molecule has 0 saturated carbocycles. The van der Waals surface area contributed by atoms with E-state index in [1.807, 2.05) is 12.1 Å². The largest absolute Gasteiger partial charge is 0.214 e. The maximum absolute atomic E-state index is 9.27. The van der Waals surface area contributed by atoms with E-state index in [-0.39, 0.29) is 0 Å². The second-order valence-corrected chi connectivity index (χ2v) is 8.70. The molecule has 0 saturated heterocycles. The van der Waals surface area contributed by atoms with Crippen molar-refractivity contribution in [3.8, 4) is 34.0 Å². The normalized spacial score (nSPS) is 12.7. The Morgan fingerprint density at radius 3 is 2.41 bits per heavy atom. The number of pyridine rings is 1. The van der Waals surface area contributed by atoms with Gasteiger partial charge in [-0.05, 0) is 51.7 Å². The first-order valence-corrected chi connectivity index (χ1v) is 11.0. The SMILES string of the molecule is N#Cc1ccc(-c2c3c(cc4ccccc24)Cc2c-3ccc3[n+]2-c2ccccc2C3)cc1. The summed E-state index contributed by atoms with van der Waals surface area (Å²) in [5.74, 6) is 0. The topological polar surface area (TPSA) is 27.7 Å². The molecule has 0 bridgehead atoms. The lowest BCUT2D eigenvalue weighted by Gasteiger charge is -2.14. The van der Waals surface area contributed by atoms with Crippen molar-refractivity contribution in [2.45, 2.75) is 12.8 Å². The highest BCUT2D eigenvalue weighted by atomic mass is 15.0. The van der Waals surface area contributed by atoms with Crippen molar-refractivity contribution < 1.29 is 4.57 Å². The summed E-state index contributed by atoms with van der Waals surface area (Å²) in [4.78, 5) is 0. The molecule has 0 unspecified atom stereocenters. The summed E-state index contributed by atoms with van der Waals surface area (Å²) >= 11 is 0. The second kappa shape index (κ2) is 6.39. The van der Waals surface area contributed by atoms with E-state index in [9.17, 15) is 5.26 Å². The minimum absolute atomic E-state index is 0.691. The van der Waals surface area contributed by atoms with Gasteiger partial charge in [-0.15, -0.1) is 0 Å². The zero-order valence-electron chi connectivity index (χ0n) is 17.5. The summed E-state index contributed by atoms with van der Waals surface area (Å²) in [7, 11) is 0. The van der Waals surface area contributed by atoms with E-state index in [4.69, 9.17) is 0 Å². The van der Waals surface area contributed by atoms with E-state index >= 15 is 0 Å². The predicted molar refractivity (Wildman–Crippen MR) is 127 cm³/mol. The highest BCUT2D eigenvalue weighted by Gasteiger charge is 2.37. The van der Waals surface area contributed by atoms with Crippen LogP contribution in [0.2, 0.25) is 0 Å². The molecule has 2 aliphatic rings. The molecule has 2 heteroatoms. The Bertz CT molecular complexity index is 1620. The van der Waals surface area contributed by atoms with Gasteiger partial charge in [0, 0.05) is 23.3 Å². The van der Waals surface area contributed by atoms with Crippen LogP contribution in [0.25, 0.3) is 38.7 Å². The lowest BCUT2D eigenvalue weighted by atomic mass is 9.89. The fourth-order valence-electron chi connectivity index (χ4n) is 5.60. The van der Waals surface area contributed by atoms with Crippen LogP contribution in [0.5, 0.6) is 0 Å². The molecule has 2 heterocycles. The Balaban J connectivity index is 1.55. The molecular weight excluding hydrogens is 388 g/mol. The van der Waals surface area contributed by atoms with Crippen LogP contribution < -0.4 is 4.57 Å². The molecule has 2 nitrogen and oxygen atoms in total. The number of hydrogen-bond acceptors (Lipinski definition) is 1. The molecule has 0 atom stereocenters. The van der Waals surface area contributed by atoms with Crippen molar-refractivity contribution in [2.24, 2.45) is 0 Å². The Kier molecular flexibility index (Phi) is 3.49. The number of fused-ring (bicyclic) bond motifs is 8. The van der Waals surface area contributed by atoms with Gasteiger partial charge in [0.1, 0.15) is 0 Å². The molecule has 0 spiro atoms. The van der Waals surface area contributed by atoms with Crippen LogP contribution >= 0.6 is 0 Å². The van der Waals surface area contributed by atoms with Crippen LogP contribution in [0.3, 0.4) is 0 Å². The Labute approximate surface area is 186 Å². The Hall–Kier alpha value is -4.22. The standard InChI is InChI=1S/C30H19N2/c31-18-19-9-11-20(12-10-19)29-25-7-3-1-5-21(25)15-23-17-28-26(30(23)29)14-13-24-16-22-6-2-4-8-27(22)32(24)28/h1-15H,16-17H2/q+1. The smallest absolute Gasteiger partial charge is 0.192 e. The van der Waals surface area contributed by atoms with E-state index in [1.54, 1.807) is 0 Å². The highest BCUT2D eigenvalue weighted by Crippen LogP contribution is 2.46. The lowest BCUT2D eigenvalue weighted by Crippen LogP contribution is -2.36. The van der Waals surface area contributed by atoms with E-state index in [0.717, 1.165) is 18.4 Å². The van der Waals surface area contributed by atoms with Gasteiger partial charge in [0.2, 0.25) is 5.69 Å². The number of benzene rings is 4. The van der Waals surface area contributed by atoms with Crippen molar-refractivity contribution in [2.75, 3.05) is 0 Å². The van der Waals surface area contributed by atoms with Crippen LogP contribution in [0.4, 0.5) is 0 Å². The van der Waals surface area contributed by atoms with Crippen molar-refractivity contribution in [3.63, 3.8) is 0 Å². The van der Waals surface area contributed by atoms with E-state index < -0.39 is 0 Å². The fourth-order valence-corrected chi connectivity index (χ4v) is 5.60. The summed E-state index contributed by atoms with van der Waals surface area (Å²) < 4.78 is 2.48. The molecule has 1 aromatic heterocycles. The lowest BCUT2D eigenvalue weighted by molar-refractivity contribution is -0.604. The van der Waals surface area contributed by atoms with Gasteiger partial charge in [0.25, 0.3) is 0 Å².